The lowest BCUT2D eigenvalue weighted by Crippen LogP contribution is -2.30. The van der Waals surface area contributed by atoms with Crippen molar-refractivity contribution in [2.45, 2.75) is 393 Å². The molecular weight excluding hydrogens is 1010 g/mol. The van der Waals surface area contributed by atoms with Crippen molar-refractivity contribution < 1.29 is 28.6 Å². The van der Waals surface area contributed by atoms with Gasteiger partial charge in [-0.15, -0.1) is 0 Å². The fourth-order valence-electron chi connectivity index (χ4n) is 10.8. The Kier molecular flexibility index (Phi) is 68.1. The van der Waals surface area contributed by atoms with Crippen LogP contribution in [-0.2, 0) is 28.6 Å². The predicted octanol–water partition coefficient (Wildman–Crippen LogP) is 25.1. The minimum atomic E-state index is -0.772. The molecule has 1 atom stereocenters. The number of carbonyl (C=O) groups excluding carboxylic acids is 3. The van der Waals surface area contributed by atoms with Crippen LogP contribution < -0.4 is 0 Å². The van der Waals surface area contributed by atoms with Crippen LogP contribution in [0.2, 0.25) is 0 Å². The first-order valence-electron chi connectivity index (χ1n) is 36.3. The van der Waals surface area contributed by atoms with Gasteiger partial charge in [-0.05, 0) is 89.9 Å². The molecule has 0 saturated carbocycles. The van der Waals surface area contributed by atoms with Crippen LogP contribution in [0.15, 0.2) is 60.8 Å². The molecule has 0 aromatic heterocycles. The van der Waals surface area contributed by atoms with Crippen molar-refractivity contribution in [2.24, 2.45) is 0 Å². The van der Waals surface area contributed by atoms with E-state index in [0.717, 1.165) is 77.0 Å². The second-order valence-corrected chi connectivity index (χ2v) is 24.5. The molecule has 1 unspecified atom stereocenters. The lowest BCUT2D eigenvalue weighted by atomic mass is 10.0. The van der Waals surface area contributed by atoms with Crippen LogP contribution in [0.1, 0.15) is 387 Å². The van der Waals surface area contributed by atoms with E-state index < -0.39 is 6.10 Å². The largest absolute Gasteiger partial charge is 0.462 e. The molecule has 0 rings (SSSR count). The summed E-state index contributed by atoms with van der Waals surface area (Å²) in [5, 5.41) is 0. The van der Waals surface area contributed by atoms with E-state index in [1.54, 1.807) is 0 Å². The average molecular weight is 1150 g/mol. The number of carbonyl (C=O) groups is 3. The van der Waals surface area contributed by atoms with Crippen LogP contribution in [0.5, 0.6) is 0 Å². The van der Waals surface area contributed by atoms with Crippen LogP contribution in [0, 0.1) is 0 Å². The average Bonchev–Trinajstić information content (AvgIpc) is 3.47. The van der Waals surface area contributed by atoms with Crippen LogP contribution >= 0.6 is 0 Å². The van der Waals surface area contributed by atoms with Crippen molar-refractivity contribution in [2.75, 3.05) is 13.2 Å². The Hall–Kier alpha value is -2.89. The smallest absolute Gasteiger partial charge is 0.306 e. The number of allylic oxidation sites excluding steroid dienone is 10. The summed E-state index contributed by atoms with van der Waals surface area (Å²) < 4.78 is 16.9. The molecule has 0 heterocycles. The summed E-state index contributed by atoms with van der Waals surface area (Å²) in [5.41, 5.74) is 0. The maximum Gasteiger partial charge on any atom is 0.306 e. The van der Waals surface area contributed by atoms with Gasteiger partial charge in [-0.25, -0.2) is 0 Å². The molecule has 0 N–H and O–H groups in total. The Balaban J connectivity index is 4.08. The Bertz CT molecular complexity index is 1460. The third kappa shape index (κ3) is 67.9. The van der Waals surface area contributed by atoms with Crippen LogP contribution in [0.25, 0.3) is 0 Å². The van der Waals surface area contributed by atoms with Gasteiger partial charge in [0.15, 0.2) is 6.10 Å². The number of rotatable bonds is 67. The summed E-state index contributed by atoms with van der Waals surface area (Å²) in [6, 6.07) is 0. The lowest BCUT2D eigenvalue weighted by Gasteiger charge is -2.18. The highest BCUT2D eigenvalue weighted by Gasteiger charge is 2.19. The second kappa shape index (κ2) is 70.6. The van der Waals surface area contributed by atoms with E-state index in [2.05, 4.69) is 81.5 Å². The molecule has 0 aliphatic rings. The van der Waals surface area contributed by atoms with Gasteiger partial charge in [0.1, 0.15) is 13.2 Å². The Labute approximate surface area is 510 Å². The zero-order valence-corrected chi connectivity index (χ0v) is 55.0. The monoisotopic (exact) mass is 1150 g/mol. The fraction of sp³-hybridized carbons (Fsp3) is 0.829. The van der Waals surface area contributed by atoms with Gasteiger partial charge < -0.3 is 14.2 Å². The van der Waals surface area contributed by atoms with Gasteiger partial charge >= 0.3 is 17.9 Å². The van der Waals surface area contributed by atoms with Crippen molar-refractivity contribution >= 4 is 17.9 Å². The molecule has 0 aromatic rings. The quantitative estimate of drug-likeness (QED) is 0.0261. The molecule has 0 bridgehead atoms. The molecule has 0 saturated heterocycles. The zero-order chi connectivity index (χ0) is 59.2. The SMILES string of the molecule is CCCCCCC/C=C\C/C=C\C/C=C\CCCCCCCCCCCCCCCCC(=O)OCC(COC(=O)CCCCCCCCCC)OC(=O)CCCCCCCCCCCCCCCCC/C=C\C/C=C\CCCCCCC. The standard InChI is InChI=1S/C76H138O6/c1-4-7-10-13-16-19-21-23-25-27-29-31-33-35-37-38-40-41-43-45-47-49-51-53-55-57-60-63-66-69-75(78)81-72-73(71-80-74(77)68-65-62-59-18-15-12-9-6-3)82-76(79)70-67-64-61-58-56-54-52-50-48-46-44-42-39-36-34-32-30-28-26-24-22-20-17-14-11-8-5-2/h21-24,27-30,33,35,73H,4-20,25-26,31-32,34,36-72H2,1-3H3/b23-21-,24-22-,29-27-,30-28-,35-33-. The van der Waals surface area contributed by atoms with Crippen molar-refractivity contribution in [3.8, 4) is 0 Å². The van der Waals surface area contributed by atoms with Crippen LogP contribution in [0.3, 0.4) is 0 Å². The maximum atomic E-state index is 12.9. The molecule has 0 fully saturated rings. The minimum absolute atomic E-state index is 0.0698. The van der Waals surface area contributed by atoms with Gasteiger partial charge in [-0.1, -0.05) is 338 Å². The first-order valence-corrected chi connectivity index (χ1v) is 36.3. The molecule has 6 nitrogen and oxygen atoms in total. The molecule has 0 aromatic carbocycles. The first-order chi connectivity index (χ1) is 40.5. The molecule has 0 aliphatic carbocycles. The topological polar surface area (TPSA) is 78.9 Å². The van der Waals surface area contributed by atoms with Gasteiger partial charge in [-0.2, -0.15) is 0 Å². The van der Waals surface area contributed by atoms with Crippen LogP contribution in [0.4, 0.5) is 0 Å². The molecule has 0 radical (unpaired) electrons. The van der Waals surface area contributed by atoms with E-state index >= 15 is 0 Å². The third-order valence-corrected chi connectivity index (χ3v) is 16.2. The molecule has 0 aliphatic heterocycles. The fourth-order valence-corrected chi connectivity index (χ4v) is 10.8. The minimum Gasteiger partial charge on any atom is -0.462 e. The van der Waals surface area contributed by atoms with E-state index in [-0.39, 0.29) is 31.1 Å². The Morgan fingerprint density at radius 3 is 0.683 bits per heavy atom. The predicted molar refractivity (Wildman–Crippen MR) is 358 cm³/mol. The molecule has 6 heteroatoms. The first kappa shape index (κ1) is 79.1. The van der Waals surface area contributed by atoms with E-state index in [0.29, 0.717) is 19.3 Å². The molecular formula is C76H138O6. The number of unbranched alkanes of at least 4 members (excludes halogenated alkanes) is 46. The van der Waals surface area contributed by atoms with Gasteiger partial charge in [0, 0.05) is 19.3 Å². The molecule has 0 amide bonds. The third-order valence-electron chi connectivity index (χ3n) is 16.2. The highest BCUT2D eigenvalue weighted by atomic mass is 16.6. The van der Waals surface area contributed by atoms with E-state index in [1.807, 2.05) is 0 Å². The highest BCUT2D eigenvalue weighted by Crippen LogP contribution is 2.18. The lowest BCUT2D eigenvalue weighted by molar-refractivity contribution is -0.167. The summed E-state index contributed by atoms with van der Waals surface area (Å²) in [4.78, 5) is 38.3. The van der Waals surface area contributed by atoms with E-state index in [9.17, 15) is 14.4 Å². The molecule has 478 valence electrons. The van der Waals surface area contributed by atoms with Crippen molar-refractivity contribution in [1.29, 1.82) is 0 Å². The van der Waals surface area contributed by atoms with E-state index in [1.165, 1.54) is 270 Å². The number of hydrogen-bond donors (Lipinski definition) is 0. The molecule has 82 heavy (non-hydrogen) atoms. The van der Waals surface area contributed by atoms with Gasteiger partial charge in [0.25, 0.3) is 0 Å². The van der Waals surface area contributed by atoms with E-state index in [4.69, 9.17) is 14.2 Å². The summed E-state index contributed by atoms with van der Waals surface area (Å²) in [5.74, 6) is -0.852. The van der Waals surface area contributed by atoms with Crippen molar-refractivity contribution in [3.05, 3.63) is 60.8 Å². The van der Waals surface area contributed by atoms with Crippen molar-refractivity contribution in [3.63, 3.8) is 0 Å². The van der Waals surface area contributed by atoms with Crippen LogP contribution in [-0.4, -0.2) is 37.2 Å². The summed E-state index contributed by atoms with van der Waals surface area (Å²) in [7, 11) is 0. The number of hydrogen-bond acceptors (Lipinski definition) is 6. The summed E-state index contributed by atoms with van der Waals surface area (Å²) >= 11 is 0. The zero-order valence-electron chi connectivity index (χ0n) is 55.0. The molecule has 0 spiro atoms. The summed E-state index contributed by atoms with van der Waals surface area (Å²) in [6.07, 6.45) is 91.3. The van der Waals surface area contributed by atoms with Gasteiger partial charge in [0.2, 0.25) is 0 Å². The maximum absolute atomic E-state index is 12.9. The number of esters is 3. The number of ether oxygens (including phenoxy) is 3. The normalized spacial score (nSPS) is 12.4. The Morgan fingerprint density at radius 1 is 0.244 bits per heavy atom. The Morgan fingerprint density at radius 2 is 0.439 bits per heavy atom. The highest BCUT2D eigenvalue weighted by molar-refractivity contribution is 5.71. The van der Waals surface area contributed by atoms with Gasteiger partial charge in [-0.3, -0.25) is 14.4 Å². The summed E-state index contributed by atoms with van der Waals surface area (Å²) in [6.45, 7) is 6.64. The van der Waals surface area contributed by atoms with Gasteiger partial charge in [0.05, 0.1) is 0 Å². The van der Waals surface area contributed by atoms with Crippen molar-refractivity contribution in [1.82, 2.24) is 0 Å². The second-order valence-electron chi connectivity index (χ2n) is 24.5.